The number of nitrogens with one attached hydrogen (secondary N) is 1. The summed E-state index contributed by atoms with van der Waals surface area (Å²) in [5.74, 6) is 0. The third-order valence-electron chi connectivity index (χ3n) is 8.63. The van der Waals surface area contributed by atoms with Crippen LogP contribution >= 0.6 is 0 Å². The van der Waals surface area contributed by atoms with Crippen LogP contribution in [0.1, 0.15) is 60.3 Å². The number of fused-ring (bicyclic) bond motifs is 3. The molecule has 1 N–H and O–H groups in total. The van der Waals surface area contributed by atoms with Crippen LogP contribution in [0.5, 0.6) is 0 Å². The van der Waals surface area contributed by atoms with Crippen molar-refractivity contribution in [3.05, 3.63) is 228 Å². The van der Waals surface area contributed by atoms with Crippen molar-refractivity contribution >= 4 is 22.6 Å². The minimum atomic E-state index is 0.0136. The maximum Gasteiger partial charge on any atom is 0.0701 e. The summed E-state index contributed by atoms with van der Waals surface area (Å²) in [4.78, 5) is 0. The Morgan fingerprint density at radius 3 is 2.25 bits per heavy atom. The fraction of sp³-hybridized carbons (Fsp3) is 0.140. The normalized spacial score (nSPS) is 12.2. The molecule has 0 aliphatic heterocycles. The van der Waals surface area contributed by atoms with Gasteiger partial charge in [-0.05, 0) is 91.2 Å². The maximum absolute atomic E-state index is 4.06. The van der Waals surface area contributed by atoms with E-state index in [0.717, 1.165) is 28.7 Å². The molecule has 1 aliphatic rings. The average molecular weight is 681 g/mol. The largest absolute Gasteiger partial charge is 0.381 e. The molecule has 2 nitrogen and oxygen atoms in total. The molecule has 0 bridgehead atoms. The number of para-hydroxylation sites is 1. The number of hydrogen-bond donors (Lipinski definition) is 1. The van der Waals surface area contributed by atoms with Crippen LogP contribution < -0.4 is 5.32 Å². The summed E-state index contributed by atoms with van der Waals surface area (Å²) in [5, 5.41) is 4.86. The lowest BCUT2D eigenvalue weighted by molar-refractivity contribution is 0.757. The smallest absolute Gasteiger partial charge is 0.0701 e. The van der Waals surface area contributed by atoms with Crippen LogP contribution in [0.15, 0.2) is 195 Å². The quantitative estimate of drug-likeness (QED) is 0.109. The van der Waals surface area contributed by atoms with E-state index in [1.807, 2.05) is 57.3 Å². The number of aryl methyl sites for hydroxylation is 2. The molecule has 4 aromatic carbocycles. The molecule has 0 spiro atoms. The second kappa shape index (κ2) is 19.9. The lowest BCUT2D eigenvalue weighted by Crippen LogP contribution is -2.13. The van der Waals surface area contributed by atoms with Crippen molar-refractivity contribution in [3.63, 3.8) is 0 Å². The highest BCUT2D eigenvalue weighted by atomic mass is 15.0. The molecule has 262 valence electrons. The van der Waals surface area contributed by atoms with Gasteiger partial charge in [-0.3, -0.25) is 0 Å². The van der Waals surface area contributed by atoms with E-state index in [4.69, 9.17) is 0 Å². The zero-order chi connectivity index (χ0) is 37.3. The molecule has 6 rings (SSSR count). The van der Waals surface area contributed by atoms with E-state index in [9.17, 15) is 0 Å². The predicted molar refractivity (Wildman–Crippen MR) is 229 cm³/mol. The highest BCUT2D eigenvalue weighted by Crippen LogP contribution is 2.34. The molecule has 0 saturated heterocycles. The molecule has 1 heterocycles. The molecule has 1 atom stereocenters. The van der Waals surface area contributed by atoms with Crippen molar-refractivity contribution in [2.75, 3.05) is 0 Å². The van der Waals surface area contributed by atoms with Gasteiger partial charge < -0.3 is 9.88 Å². The van der Waals surface area contributed by atoms with Gasteiger partial charge >= 0.3 is 0 Å². The fourth-order valence-electron chi connectivity index (χ4n) is 6.00. The van der Waals surface area contributed by atoms with Crippen LogP contribution in [0.25, 0.3) is 28.2 Å². The molecule has 2 heteroatoms. The summed E-state index contributed by atoms with van der Waals surface area (Å²) >= 11 is 0. The molecular formula is C50H52N2. The Hall–Kier alpha value is -6.08. The molecule has 5 aromatic rings. The molecule has 0 saturated carbocycles. The van der Waals surface area contributed by atoms with Crippen LogP contribution in [0, 0.1) is 13.8 Å². The lowest BCUT2D eigenvalue weighted by Gasteiger charge is -2.16. The van der Waals surface area contributed by atoms with Gasteiger partial charge in [-0.15, -0.1) is 5.73 Å². The number of rotatable bonds is 11. The van der Waals surface area contributed by atoms with Gasteiger partial charge in [-0.1, -0.05) is 166 Å². The number of hydrogen-bond acceptors (Lipinski definition) is 1. The van der Waals surface area contributed by atoms with Crippen LogP contribution in [0.4, 0.5) is 0 Å². The molecule has 0 fully saturated rings. The van der Waals surface area contributed by atoms with E-state index >= 15 is 0 Å². The molecule has 1 aromatic heterocycles. The van der Waals surface area contributed by atoms with Gasteiger partial charge in [0.05, 0.1) is 11.6 Å². The molecule has 1 aliphatic carbocycles. The first-order valence-electron chi connectivity index (χ1n) is 18.0. The summed E-state index contributed by atoms with van der Waals surface area (Å²) in [6, 6.07) is 36.2. The fourth-order valence-corrected chi connectivity index (χ4v) is 6.00. The molecule has 52 heavy (non-hydrogen) atoms. The van der Waals surface area contributed by atoms with Crippen LogP contribution in [-0.2, 0) is 6.42 Å². The first-order valence-corrected chi connectivity index (χ1v) is 18.0. The molecule has 0 radical (unpaired) electrons. The first kappa shape index (κ1) is 38.7. The maximum atomic E-state index is 4.06. The van der Waals surface area contributed by atoms with E-state index in [2.05, 4.69) is 164 Å². The average Bonchev–Trinajstić information content (AvgIpc) is 3.78. The van der Waals surface area contributed by atoms with E-state index in [1.54, 1.807) is 12.2 Å². The Balaban J connectivity index is 0.000000243. The monoisotopic (exact) mass is 680 g/mol. The van der Waals surface area contributed by atoms with E-state index < -0.39 is 0 Å². The van der Waals surface area contributed by atoms with Gasteiger partial charge in [0.25, 0.3) is 0 Å². The Kier molecular flexibility index (Phi) is 14.8. The molecular weight excluding hydrogens is 629 g/mol. The van der Waals surface area contributed by atoms with Crippen molar-refractivity contribution in [1.82, 2.24) is 9.88 Å². The Labute approximate surface area is 312 Å². The number of aromatic nitrogens is 1. The standard InChI is InChI=1S/C30H31N.C18H15N.C2H6/c1-6-8-16-25(4)26(5)17-12-13-21-31-30(28-18-10-9-11-19-28)23-27(7-2)29-20-14-15-24(3)22-29;1-13-10-11-18-16(12-13)15-8-5-9-17(15)19(18)14-6-3-2-4-7-14;1-2/h6-15,17-23,30-31H,1-2,5H2,3-4H3;2-8,10-12H,9H2,1H3;1-2H3/b17-12-,21-13-,27-23+;;. The zero-order valence-electron chi connectivity index (χ0n) is 31.4. The van der Waals surface area contributed by atoms with Crippen molar-refractivity contribution in [2.45, 2.75) is 47.1 Å². The van der Waals surface area contributed by atoms with Crippen molar-refractivity contribution in [3.8, 4) is 5.69 Å². The number of nitrogens with zero attached hydrogens (tertiary/aromatic N) is 1. The Morgan fingerprint density at radius 2 is 1.56 bits per heavy atom. The van der Waals surface area contributed by atoms with E-state index in [-0.39, 0.29) is 6.04 Å². The van der Waals surface area contributed by atoms with E-state index in [1.165, 1.54) is 44.5 Å². The van der Waals surface area contributed by atoms with Crippen molar-refractivity contribution in [1.29, 1.82) is 0 Å². The van der Waals surface area contributed by atoms with Crippen molar-refractivity contribution in [2.24, 2.45) is 0 Å². The highest BCUT2D eigenvalue weighted by molar-refractivity contribution is 5.94. The van der Waals surface area contributed by atoms with Gasteiger partial charge in [0, 0.05) is 28.8 Å². The van der Waals surface area contributed by atoms with Gasteiger partial charge in [0.15, 0.2) is 0 Å². The minimum absolute atomic E-state index is 0.0136. The van der Waals surface area contributed by atoms with Gasteiger partial charge in [0.2, 0.25) is 0 Å². The van der Waals surface area contributed by atoms with Crippen LogP contribution in [0.3, 0.4) is 0 Å². The van der Waals surface area contributed by atoms with E-state index in [0.29, 0.717) is 0 Å². The van der Waals surface area contributed by atoms with Gasteiger partial charge in [0.1, 0.15) is 0 Å². The summed E-state index contributed by atoms with van der Waals surface area (Å²) in [6.07, 6.45) is 21.0. The third-order valence-corrected chi connectivity index (χ3v) is 8.63. The SMILES string of the molecule is C=CC=C=C(C)C(=C)/C=C\C=C/NC(/C=C(\C=C)c1cccc(C)c1)c1ccccc1.CC.Cc1ccc2c(c1)c1c(n2-c2ccccc2)CC=C1. The second-order valence-electron chi connectivity index (χ2n) is 12.3. The van der Waals surface area contributed by atoms with Crippen LogP contribution in [0.2, 0.25) is 0 Å². The highest BCUT2D eigenvalue weighted by Gasteiger charge is 2.18. The number of allylic oxidation sites excluding steroid dienone is 9. The van der Waals surface area contributed by atoms with Gasteiger partial charge in [-0.2, -0.15) is 0 Å². The molecule has 0 amide bonds. The van der Waals surface area contributed by atoms with Crippen LogP contribution in [-0.4, -0.2) is 4.57 Å². The molecule has 1 unspecified atom stereocenters. The summed E-state index contributed by atoms with van der Waals surface area (Å²) in [5.41, 5.74) is 16.4. The van der Waals surface area contributed by atoms with Gasteiger partial charge in [-0.25, -0.2) is 0 Å². The lowest BCUT2D eigenvalue weighted by atomic mass is 9.98. The van der Waals surface area contributed by atoms with Crippen molar-refractivity contribution < 1.29 is 0 Å². The Bertz CT molecular complexity index is 2160. The first-order chi connectivity index (χ1) is 25.4. The minimum Gasteiger partial charge on any atom is -0.381 e. The zero-order valence-corrected chi connectivity index (χ0v) is 31.4. The summed E-state index contributed by atoms with van der Waals surface area (Å²) in [6.45, 7) is 22.0. The predicted octanol–water partition coefficient (Wildman–Crippen LogP) is 13.3. The Morgan fingerprint density at radius 1 is 0.846 bits per heavy atom. The topological polar surface area (TPSA) is 17.0 Å². The third kappa shape index (κ3) is 10.2. The second-order valence-corrected chi connectivity index (χ2v) is 12.3. The number of benzene rings is 4. The summed E-state index contributed by atoms with van der Waals surface area (Å²) in [7, 11) is 0. The summed E-state index contributed by atoms with van der Waals surface area (Å²) < 4.78 is 2.39.